The maximum atomic E-state index is 5.86. The first-order valence-electron chi connectivity index (χ1n) is 8.54. The Morgan fingerprint density at radius 2 is 1.64 bits per heavy atom. The summed E-state index contributed by atoms with van der Waals surface area (Å²) in [5.41, 5.74) is 0. The lowest BCUT2D eigenvalue weighted by atomic mass is 9.80. The molecule has 0 aromatic heterocycles. The summed E-state index contributed by atoms with van der Waals surface area (Å²) in [5, 5.41) is 0. The van der Waals surface area contributed by atoms with Crippen LogP contribution < -0.4 is 0 Å². The Morgan fingerprint density at radius 1 is 0.955 bits per heavy atom. The quantitative estimate of drug-likeness (QED) is 0.454. The van der Waals surface area contributed by atoms with E-state index < -0.39 is 8.80 Å². The molecule has 5 atom stereocenters. The molecule has 2 bridgehead atoms. The minimum absolute atomic E-state index is 0.381. The molecule has 1 heterocycles. The van der Waals surface area contributed by atoms with Gasteiger partial charge in [0.2, 0.25) is 0 Å². The van der Waals surface area contributed by atoms with Crippen molar-refractivity contribution in [3.05, 3.63) is 0 Å². The second-order valence-electron chi connectivity index (χ2n) is 7.08. The van der Waals surface area contributed by atoms with Crippen molar-refractivity contribution in [1.29, 1.82) is 0 Å². The van der Waals surface area contributed by atoms with E-state index in [0.717, 1.165) is 56.0 Å². The van der Waals surface area contributed by atoms with Gasteiger partial charge >= 0.3 is 8.80 Å². The Labute approximate surface area is 135 Å². The molecule has 2 aliphatic carbocycles. The van der Waals surface area contributed by atoms with Gasteiger partial charge in [-0.2, -0.15) is 0 Å². The van der Waals surface area contributed by atoms with Gasteiger partial charge in [-0.05, 0) is 49.4 Å². The number of epoxide rings is 1. The Kier molecular flexibility index (Phi) is 5.58. The van der Waals surface area contributed by atoms with E-state index in [4.69, 9.17) is 22.8 Å². The first-order valence-corrected chi connectivity index (χ1v) is 10.5. The maximum Gasteiger partial charge on any atom is 0.500 e. The van der Waals surface area contributed by atoms with Gasteiger partial charge < -0.3 is 22.8 Å². The van der Waals surface area contributed by atoms with Gasteiger partial charge in [-0.1, -0.05) is 0 Å². The summed E-state index contributed by atoms with van der Waals surface area (Å²) < 4.78 is 27.7. The van der Waals surface area contributed by atoms with Crippen molar-refractivity contribution in [1.82, 2.24) is 0 Å². The molecule has 1 aliphatic heterocycles. The first kappa shape index (κ1) is 16.9. The second kappa shape index (κ2) is 7.28. The number of fused-ring (bicyclic) bond motifs is 2. The molecule has 5 unspecified atom stereocenters. The van der Waals surface area contributed by atoms with Crippen molar-refractivity contribution in [2.45, 2.75) is 37.8 Å². The van der Waals surface area contributed by atoms with Crippen LogP contribution in [0.2, 0.25) is 6.04 Å². The van der Waals surface area contributed by atoms with E-state index in [1.807, 2.05) is 0 Å². The lowest BCUT2D eigenvalue weighted by Crippen LogP contribution is -2.43. The zero-order valence-electron chi connectivity index (χ0n) is 14.1. The van der Waals surface area contributed by atoms with Gasteiger partial charge in [-0.25, -0.2) is 0 Å². The molecule has 128 valence electrons. The number of ether oxygens (including phenoxy) is 2. The van der Waals surface area contributed by atoms with E-state index in [1.54, 1.807) is 21.3 Å². The zero-order chi connectivity index (χ0) is 15.6. The zero-order valence-corrected chi connectivity index (χ0v) is 15.1. The van der Waals surface area contributed by atoms with Crippen LogP contribution in [0.1, 0.15) is 25.7 Å². The highest BCUT2D eigenvalue weighted by atomic mass is 28.4. The molecular weight excluding hydrogens is 300 g/mol. The molecule has 0 aromatic rings. The lowest BCUT2D eigenvalue weighted by Gasteiger charge is -2.31. The molecule has 3 rings (SSSR count). The van der Waals surface area contributed by atoms with Gasteiger partial charge in [0.15, 0.2) is 0 Å². The van der Waals surface area contributed by atoms with Gasteiger partial charge in [0.25, 0.3) is 0 Å². The molecule has 6 heteroatoms. The third-order valence-corrected chi connectivity index (χ3v) is 8.65. The van der Waals surface area contributed by atoms with E-state index >= 15 is 0 Å². The Bertz CT molecular complexity index is 350. The van der Waals surface area contributed by atoms with Crippen molar-refractivity contribution in [2.24, 2.45) is 23.7 Å². The summed E-state index contributed by atoms with van der Waals surface area (Å²) >= 11 is 0. The highest BCUT2D eigenvalue weighted by Gasteiger charge is 2.47. The topological polar surface area (TPSA) is 49.5 Å². The molecular formula is C16H30O5Si. The molecule has 5 nitrogen and oxygen atoms in total. The molecule has 3 fully saturated rings. The highest BCUT2D eigenvalue weighted by Crippen LogP contribution is 2.53. The molecule has 0 aromatic carbocycles. The summed E-state index contributed by atoms with van der Waals surface area (Å²) in [6.45, 7) is 2.58. The SMILES string of the molecule is CO[Si](CCC1CC2CC(COCC3CO3)C1C2)(OC)OC. The minimum atomic E-state index is -2.41. The summed E-state index contributed by atoms with van der Waals surface area (Å²) in [5.74, 6) is 3.26. The average Bonchev–Trinajstić information content (AvgIpc) is 3.16. The third kappa shape index (κ3) is 3.74. The number of hydrogen-bond acceptors (Lipinski definition) is 5. The van der Waals surface area contributed by atoms with Gasteiger partial charge in [-0.3, -0.25) is 0 Å². The van der Waals surface area contributed by atoms with Crippen molar-refractivity contribution in [2.75, 3.05) is 41.2 Å². The third-order valence-electron chi connectivity index (χ3n) is 5.88. The Morgan fingerprint density at radius 3 is 2.23 bits per heavy atom. The molecule has 0 radical (unpaired) electrons. The fourth-order valence-corrected chi connectivity index (χ4v) is 6.44. The smallest absolute Gasteiger partial charge is 0.378 e. The molecule has 0 spiro atoms. The average molecular weight is 330 g/mol. The van der Waals surface area contributed by atoms with Crippen molar-refractivity contribution in [3.63, 3.8) is 0 Å². The van der Waals surface area contributed by atoms with Crippen LogP contribution in [0.4, 0.5) is 0 Å². The van der Waals surface area contributed by atoms with E-state index in [2.05, 4.69) is 0 Å². The van der Waals surface area contributed by atoms with Crippen LogP contribution in [0.3, 0.4) is 0 Å². The number of rotatable bonds is 10. The second-order valence-corrected chi connectivity index (χ2v) is 10.2. The molecule has 2 saturated carbocycles. The molecule has 1 saturated heterocycles. The summed E-state index contributed by atoms with van der Waals surface area (Å²) in [6.07, 6.45) is 5.65. The van der Waals surface area contributed by atoms with Crippen LogP contribution in [-0.4, -0.2) is 56.1 Å². The van der Waals surface area contributed by atoms with Gasteiger partial charge in [-0.15, -0.1) is 0 Å². The summed E-state index contributed by atoms with van der Waals surface area (Å²) in [7, 11) is 2.70. The molecule has 0 amide bonds. The van der Waals surface area contributed by atoms with Crippen LogP contribution in [-0.2, 0) is 22.8 Å². The minimum Gasteiger partial charge on any atom is -0.378 e. The normalized spacial score (nSPS) is 37.0. The van der Waals surface area contributed by atoms with Crippen LogP contribution in [0.25, 0.3) is 0 Å². The van der Waals surface area contributed by atoms with Crippen molar-refractivity contribution in [3.8, 4) is 0 Å². The van der Waals surface area contributed by atoms with Gasteiger partial charge in [0, 0.05) is 34.0 Å². The van der Waals surface area contributed by atoms with Gasteiger partial charge in [0.05, 0.1) is 13.2 Å². The molecule has 0 N–H and O–H groups in total. The van der Waals surface area contributed by atoms with Crippen LogP contribution in [0.15, 0.2) is 0 Å². The van der Waals surface area contributed by atoms with Crippen LogP contribution in [0, 0.1) is 23.7 Å². The Hall–Kier alpha value is 0.0169. The number of hydrogen-bond donors (Lipinski definition) is 0. The van der Waals surface area contributed by atoms with E-state index in [9.17, 15) is 0 Å². The molecule has 3 aliphatic rings. The predicted octanol–water partition coefficient (Wildman–Crippen LogP) is 2.33. The Balaban J connectivity index is 1.45. The molecule has 22 heavy (non-hydrogen) atoms. The first-order chi connectivity index (χ1) is 10.7. The highest BCUT2D eigenvalue weighted by molar-refractivity contribution is 6.60. The predicted molar refractivity (Wildman–Crippen MR) is 84.6 cm³/mol. The maximum absolute atomic E-state index is 5.86. The monoisotopic (exact) mass is 330 g/mol. The fraction of sp³-hybridized carbons (Fsp3) is 1.00. The van der Waals surface area contributed by atoms with E-state index in [0.29, 0.717) is 6.10 Å². The summed E-state index contributed by atoms with van der Waals surface area (Å²) in [4.78, 5) is 0. The van der Waals surface area contributed by atoms with Gasteiger partial charge in [0.1, 0.15) is 6.10 Å². The van der Waals surface area contributed by atoms with Crippen LogP contribution in [0.5, 0.6) is 0 Å². The standard InChI is InChI=1S/C16H30O5Si/c1-17-22(18-2,19-3)5-4-13-6-12-7-14(16(13)8-12)9-20-10-15-11-21-15/h12-16H,4-11H2,1-3H3. The van der Waals surface area contributed by atoms with Crippen molar-refractivity contribution >= 4 is 8.80 Å². The van der Waals surface area contributed by atoms with Crippen molar-refractivity contribution < 1.29 is 22.8 Å². The summed E-state index contributed by atoms with van der Waals surface area (Å²) in [6, 6.07) is 0.924. The largest absolute Gasteiger partial charge is 0.500 e. The lowest BCUT2D eigenvalue weighted by molar-refractivity contribution is 0.0538. The van der Waals surface area contributed by atoms with E-state index in [1.165, 1.54) is 19.3 Å². The fourth-order valence-electron chi connectivity index (χ4n) is 4.61. The van der Waals surface area contributed by atoms with Crippen LogP contribution >= 0.6 is 0 Å². The van der Waals surface area contributed by atoms with E-state index in [-0.39, 0.29) is 0 Å².